The van der Waals surface area contributed by atoms with Gasteiger partial charge in [0.25, 0.3) is 5.91 Å². The van der Waals surface area contributed by atoms with Gasteiger partial charge in [-0.25, -0.2) is 0 Å². The lowest BCUT2D eigenvalue weighted by Gasteiger charge is -2.39. The molecule has 27 heavy (non-hydrogen) atoms. The number of amides is 2. The predicted molar refractivity (Wildman–Crippen MR) is 103 cm³/mol. The topological polar surface area (TPSA) is 62.3 Å². The molecule has 2 aliphatic rings. The molecule has 4 rings (SSSR count). The molecule has 0 radical (unpaired) electrons. The molecule has 1 atom stereocenters. The first-order valence-corrected chi connectivity index (χ1v) is 9.71. The summed E-state index contributed by atoms with van der Waals surface area (Å²) in [5.74, 6) is 0.0920. The fourth-order valence-corrected chi connectivity index (χ4v) is 4.29. The highest BCUT2D eigenvalue weighted by Gasteiger charge is 2.46. The van der Waals surface area contributed by atoms with Crippen LogP contribution >= 0.6 is 0 Å². The van der Waals surface area contributed by atoms with E-state index in [1.165, 1.54) is 0 Å². The van der Waals surface area contributed by atoms with Gasteiger partial charge in [-0.3, -0.25) is 14.6 Å². The Morgan fingerprint density at radius 1 is 1.22 bits per heavy atom. The van der Waals surface area contributed by atoms with Crippen molar-refractivity contribution in [1.82, 2.24) is 15.2 Å². The summed E-state index contributed by atoms with van der Waals surface area (Å²) < 4.78 is 0. The highest BCUT2D eigenvalue weighted by molar-refractivity contribution is 5.94. The van der Waals surface area contributed by atoms with Crippen LogP contribution in [-0.4, -0.2) is 40.3 Å². The lowest BCUT2D eigenvalue weighted by Crippen LogP contribution is -2.52. The number of nitrogens with one attached hydrogen (secondary N) is 1. The number of likely N-dealkylation sites (tertiary alicyclic amines) is 1. The van der Waals surface area contributed by atoms with E-state index in [1.807, 2.05) is 48.2 Å². The summed E-state index contributed by atoms with van der Waals surface area (Å²) >= 11 is 0. The number of aryl methyl sites for hydroxylation is 1. The van der Waals surface area contributed by atoms with Crippen LogP contribution in [-0.2, 0) is 11.2 Å². The van der Waals surface area contributed by atoms with E-state index in [4.69, 9.17) is 0 Å². The molecule has 2 aromatic rings. The van der Waals surface area contributed by atoms with Crippen molar-refractivity contribution in [2.24, 2.45) is 0 Å². The highest BCUT2D eigenvalue weighted by Crippen LogP contribution is 2.39. The number of benzene rings is 1. The van der Waals surface area contributed by atoms with Crippen LogP contribution in [0.4, 0.5) is 0 Å². The number of aromatic nitrogens is 1. The van der Waals surface area contributed by atoms with Crippen molar-refractivity contribution in [1.29, 1.82) is 0 Å². The van der Waals surface area contributed by atoms with Crippen molar-refractivity contribution in [2.75, 3.05) is 13.1 Å². The van der Waals surface area contributed by atoms with E-state index in [1.54, 1.807) is 12.3 Å². The molecule has 0 unspecified atom stereocenters. The lowest BCUT2D eigenvalue weighted by molar-refractivity contribution is -0.121. The largest absolute Gasteiger partial charge is 0.350 e. The second-order valence-corrected chi connectivity index (χ2v) is 7.62. The summed E-state index contributed by atoms with van der Waals surface area (Å²) in [6.07, 6.45) is 4.95. The summed E-state index contributed by atoms with van der Waals surface area (Å²) in [5.41, 5.74) is 2.54. The Hall–Kier alpha value is -2.69. The van der Waals surface area contributed by atoms with Gasteiger partial charge in [-0.15, -0.1) is 0 Å². The first-order valence-electron chi connectivity index (χ1n) is 9.71. The van der Waals surface area contributed by atoms with E-state index in [2.05, 4.69) is 10.3 Å². The minimum atomic E-state index is -0.179. The van der Waals surface area contributed by atoms with Gasteiger partial charge in [-0.1, -0.05) is 37.3 Å². The second-order valence-electron chi connectivity index (χ2n) is 7.62. The number of nitrogens with zero attached hydrogens (tertiary/aromatic N) is 2. The zero-order chi connectivity index (χ0) is 18.9. The third-order valence-corrected chi connectivity index (χ3v) is 5.94. The van der Waals surface area contributed by atoms with Crippen molar-refractivity contribution >= 4 is 11.8 Å². The third kappa shape index (κ3) is 3.46. The van der Waals surface area contributed by atoms with E-state index in [0.717, 1.165) is 36.9 Å². The van der Waals surface area contributed by atoms with Crippen molar-refractivity contribution < 1.29 is 9.59 Å². The number of carbonyl (C=O) groups is 2. The molecule has 2 amide bonds. The molecule has 3 heterocycles. The molecule has 1 aromatic carbocycles. The van der Waals surface area contributed by atoms with Gasteiger partial charge in [0.05, 0.1) is 5.92 Å². The van der Waals surface area contributed by atoms with Crippen LogP contribution in [0.15, 0.2) is 48.7 Å². The summed E-state index contributed by atoms with van der Waals surface area (Å²) in [7, 11) is 0. The molecule has 2 aliphatic heterocycles. The molecule has 1 N–H and O–H groups in total. The van der Waals surface area contributed by atoms with Crippen LogP contribution in [0.25, 0.3) is 0 Å². The molecule has 1 spiro atoms. The maximum atomic E-state index is 12.8. The van der Waals surface area contributed by atoms with E-state index in [9.17, 15) is 9.59 Å². The molecule has 0 bridgehead atoms. The standard InChI is InChI=1S/C22H25N3O2/c1-2-18-14-17(8-11-23-18)21(27)25-12-9-22(10-13-25)15-19(20(26)24-22)16-6-4-3-5-7-16/h3-8,11,14,19H,2,9-10,12-13,15H2,1H3,(H,24,26)/t19-/m1/s1. The molecule has 0 aliphatic carbocycles. The van der Waals surface area contributed by atoms with Gasteiger partial charge in [0.15, 0.2) is 0 Å². The van der Waals surface area contributed by atoms with Gasteiger partial charge in [0, 0.05) is 36.1 Å². The summed E-state index contributed by atoms with van der Waals surface area (Å²) in [5, 5.41) is 3.25. The third-order valence-electron chi connectivity index (χ3n) is 5.94. The van der Waals surface area contributed by atoms with Crippen LogP contribution in [0.5, 0.6) is 0 Å². The molecule has 5 heteroatoms. The molecular weight excluding hydrogens is 338 g/mol. The molecule has 2 fully saturated rings. The number of rotatable bonds is 3. The number of piperidine rings is 1. The van der Waals surface area contributed by atoms with Crippen molar-refractivity contribution in [2.45, 2.75) is 44.1 Å². The summed E-state index contributed by atoms with van der Waals surface area (Å²) in [6, 6.07) is 13.7. The Morgan fingerprint density at radius 2 is 1.96 bits per heavy atom. The molecule has 140 valence electrons. The lowest BCUT2D eigenvalue weighted by atomic mass is 9.82. The number of pyridine rings is 1. The van der Waals surface area contributed by atoms with E-state index >= 15 is 0 Å². The first-order chi connectivity index (χ1) is 13.1. The molecule has 5 nitrogen and oxygen atoms in total. The van der Waals surface area contributed by atoms with Gasteiger partial charge < -0.3 is 10.2 Å². The first kappa shape index (κ1) is 17.7. The maximum Gasteiger partial charge on any atom is 0.253 e. The predicted octanol–water partition coefficient (Wildman–Crippen LogP) is 2.92. The summed E-state index contributed by atoms with van der Waals surface area (Å²) in [6.45, 7) is 3.38. The Labute approximate surface area is 159 Å². The zero-order valence-corrected chi connectivity index (χ0v) is 15.6. The van der Waals surface area contributed by atoms with E-state index in [0.29, 0.717) is 18.7 Å². The maximum absolute atomic E-state index is 12.8. The molecule has 0 saturated carbocycles. The SMILES string of the molecule is CCc1cc(C(=O)N2CCC3(CC2)C[C@H](c2ccccc2)C(=O)N3)ccn1. The second kappa shape index (κ2) is 7.14. The Morgan fingerprint density at radius 3 is 2.67 bits per heavy atom. The Balaban J connectivity index is 1.43. The fourth-order valence-electron chi connectivity index (χ4n) is 4.29. The van der Waals surface area contributed by atoms with Gasteiger partial charge in [0.2, 0.25) is 5.91 Å². The Kier molecular flexibility index (Phi) is 4.68. The molecular formula is C22H25N3O2. The number of hydrogen-bond donors (Lipinski definition) is 1. The summed E-state index contributed by atoms with van der Waals surface area (Å²) in [4.78, 5) is 31.6. The van der Waals surface area contributed by atoms with Gasteiger partial charge in [-0.2, -0.15) is 0 Å². The average Bonchev–Trinajstić information content (AvgIpc) is 3.04. The number of carbonyl (C=O) groups excluding carboxylic acids is 2. The van der Waals surface area contributed by atoms with Crippen molar-refractivity contribution in [3.8, 4) is 0 Å². The van der Waals surface area contributed by atoms with Gasteiger partial charge in [-0.05, 0) is 43.4 Å². The highest BCUT2D eigenvalue weighted by atomic mass is 16.2. The van der Waals surface area contributed by atoms with E-state index in [-0.39, 0.29) is 23.3 Å². The minimum absolute atomic E-state index is 0.0610. The van der Waals surface area contributed by atoms with Crippen molar-refractivity contribution in [3.63, 3.8) is 0 Å². The van der Waals surface area contributed by atoms with Crippen LogP contribution in [0.3, 0.4) is 0 Å². The van der Waals surface area contributed by atoms with Crippen LogP contribution in [0, 0.1) is 0 Å². The zero-order valence-electron chi connectivity index (χ0n) is 15.6. The average molecular weight is 363 g/mol. The van der Waals surface area contributed by atoms with Gasteiger partial charge in [0.1, 0.15) is 0 Å². The van der Waals surface area contributed by atoms with Crippen LogP contribution < -0.4 is 5.32 Å². The Bertz CT molecular complexity index is 842. The fraction of sp³-hybridized carbons (Fsp3) is 0.409. The van der Waals surface area contributed by atoms with Crippen molar-refractivity contribution in [3.05, 3.63) is 65.5 Å². The van der Waals surface area contributed by atoms with Crippen LogP contribution in [0.1, 0.15) is 53.7 Å². The quantitative estimate of drug-likeness (QED) is 0.912. The minimum Gasteiger partial charge on any atom is -0.350 e. The van der Waals surface area contributed by atoms with Crippen LogP contribution in [0.2, 0.25) is 0 Å². The number of hydrogen-bond acceptors (Lipinski definition) is 3. The molecule has 1 aromatic heterocycles. The molecule has 2 saturated heterocycles. The monoisotopic (exact) mass is 363 g/mol. The normalized spacial score (nSPS) is 21.3. The smallest absolute Gasteiger partial charge is 0.253 e. The van der Waals surface area contributed by atoms with Gasteiger partial charge >= 0.3 is 0 Å². The van der Waals surface area contributed by atoms with E-state index < -0.39 is 0 Å².